The Labute approximate surface area is 108 Å². The third kappa shape index (κ3) is 3.53. The van der Waals surface area contributed by atoms with E-state index in [2.05, 4.69) is 5.32 Å². The Morgan fingerprint density at radius 2 is 2.11 bits per heavy atom. The lowest BCUT2D eigenvalue weighted by molar-refractivity contribution is -0.129. The molecule has 1 rings (SSSR count). The lowest BCUT2D eigenvalue weighted by Gasteiger charge is -2.24. The van der Waals surface area contributed by atoms with E-state index < -0.39 is 5.41 Å². The van der Waals surface area contributed by atoms with Crippen molar-refractivity contribution in [2.24, 2.45) is 11.1 Å². The first-order chi connectivity index (χ1) is 8.53. The Kier molecular flexibility index (Phi) is 5.28. The van der Waals surface area contributed by atoms with E-state index in [0.717, 1.165) is 0 Å². The van der Waals surface area contributed by atoms with Gasteiger partial charge in [0, 0.05) is 13.1 Å². The van der Waals surface area contributed by atoms with Gasteiger partial charge >= 0.3 is 0 Å². The molecule has 0 spiro atoms. The van der Waals surface area contributed by atoms with E-state index in [1.54, 1.807) is 18.2 Å². The third-order valence-electron chi connectivity index (χ3n) is 3.42. The van der Waals surface area contributed by atoms with Gasteiger partial charge in [0.05, 0.1) is 5.41 Å². The van der Waals surface area contributed by atoms with E-state index in [-0.39, 0.29) is 11.7 Å². The molecule has 0 aliphatic heterocycles. The molecule has 3 nitrogen and oxygen atoms in total. The van der Waals surface area contributed by atoms with Gasteiger partial charge < -0.3 is 11.1 Å². The molecule has 1 atom stereocenters. The number of benzene rings is 1. The van der Waals surface area contributed by atoms with Gasteiger partial charge in [-0.25, -0.2) is 4.39 Å². The topological polar surface area (TPSA) is 55.1 Å². The minimum absolute atomic E-state index is 0.0659. The summed E-state index contributed by atoms with van der Waals surface area (Å²) >= 11 is 0. The van der Waals surface area contributed by atoms with Crippen molar-refractivity contribution >= 4 is 5.91 Å². The molecule has 0 bridgehead atoms. The molecular weight excluding hydrogens is 231 g/mol. The van der Waals surface area contributed by atoms with Crippen molar-refractivity contribution in [3.8, 4) is 0 Å². The van der Waals surface area contributed by atoms with E-state index in [1.165, 1.54) is 6.07 Å². The molecule has 0 fully saturated rings. The summed E-state index contributed by atoms with van der Waals surface area (Å²) in [6.45, 7) is 4.51. The van der Waals surface area contributed by atoms with Gasteiger partial charge in [-0.3, -0.25) is 4.79 Å². The molecule has 3 N–H and O–H groups in total. The number of hydrogen-bond donors (Lipinski definition) is 2. The summed E-state index contributed by atoms with van der Waals surface area (Å²) in [6, 6.07) is 6.59. The normalized spacial score (nSPS) is 14.0. The molecule has 1 aromatic rings. The second-order valence-corrected chi connectivity index (χ2v) is 4.72. The second kappa shape index (κ2) is 6.50. The van der Waals surface area contributed by atoms with Crippen LogP contribution in [0, 0.1) is 11.2 Å². The fourth-order valence-corrected chi connectivity index (χ4v) is 1.62. The van der Waals surface area contributed by atoms with Gasteiger partial charge in [0.2, 0.25) is 5.91 Å². The molecule has 0 aliphatic carbocycles. The molecule has 0 radical (unpaired) electrons. The smallest absolute Gasteiger partial charge is 0.227 e. The lowest BCUT2D eigenvalue weighted by atomic mass is 9.86. The van der Waals surface area contributed by atoms with Crippen LogP contribution < -0.4 is 11.1 Å². The van der Waals surface area contributed by atoms with Crippen molar-refractivity contribution < 1.29 is 9.18 Å². The predicted molar refractivity (Wildman–Crippen MR) is 70.6 cm³/mol. The quantitative estimate of drug-likeness (QED) is 0.812. The summed E-state index contributed by atoms with van der Waals surface area (Å²) in [5.41, 5.74) is 5.69. The number of nitrogens with one attached hydrogen (secondary N) is 1. The molecule has 0 heterocycles. The maximum atomic E-state index is 13.3. The van der Waals surface area contributed by atoms with Crippen LogP contribution >= 0.6 is 0 Å². The number of carbonyl (C=O) groups excluding carboxylic acids is 1. The van der Waals surface area contributed by atoms with E-state index >= 15 is 0 Å². The van der Waals surface area contributed by atoms with Crippen molar-refractivity contribution in [3.05, 3.63) is 35.6 Å². The van der Waals surface area contributed by atoms with Crippen molar-refractivity contribution in [2.45, 2.75) is 26.7 Å². The van der Waals surface area contributed by atoms with Crippen LogP contribution in [0.1, 0.15) is 25.8 Å². The Morgan fingerprint density at radius 1 is 1.44 bits per heavy atom. The Hall–Kier alpha value is -1.42. The lowest BCUT2D eigenvalue weighted by Crippen LogP contribution is -2.44. The molecule has 1 aromatic carbocycles. The first kappa shape index (κ1) is 14.6. The highest BCUT2D eigenvalue weighted by Crippen LogP contribution is 2.19. The summed E-state index contributed by atoms with van der Waals surface area (Å²) in [7, 11) is 0. The fourth-order valence-electron chi connectivity index (χ4n) is 1.62. The van der Waals surface area contributed by atoms with E-state index in [4.69, 9.17) is 5.73 Å². The molecule has 0 saturated carbocycles. The summed E-state index contributed by atoms with van der Waals surface area (Å²) in [5.74, 6) is -0.298. The van der Waals surface area contributed by atoms with Gasteiger partial charge in [-0.1, -0.05) is 25.1 Å². The predicted octanol–water partition coefficient (Wildman–Crippen LogP) is 1.86. The van der Waals surface area contributed by atoms with Crippen LogP contribution in [0.5, 0.6) is 0 Å². The van der Waals surface area contributed by atoms with Crippen LogP contribution in [-0.4, -0.2) is 19.0 Å². The SMILES string of the molecule is CCC(C)(CN)C(=O)NCCc1ccccc1F. The zero-order valence-electron chi connectivity index (χ0n) is 11.0. The second-order valence-electron chi connectivity index (χ2n) is 4.72. The number of halogens is 1. The zero-order valence-corrected chi connectivity index (χ0v) is 11.0. The Bertz CT molecular complexity index is 403. The minimum atomic E-state index is -0.533. The van der Waals surface area contributed by atoms with Crippen LogP contribution in [0.3, 0.4) is 0 Å². The number of carbonyl (C=O) groups is 1. The van der Waals surface area contributed by atoms with Crippen molar-refractivity contribution in [2.75, 3.05) is 13.1 Å². The molecule has 0 aromatic heterocycles. The molecule has 1 unspecified atom stereocenters. The molecular formula is C14H21FN2O. The first-order valence-electron chi connectivity index (χ1n) is 6.25. The molecule has 100 valence electrons. The molecule has 0 saturated heterocycles. The van der Waals surface area contributed by atoms with Crippen LogP contribution in [-0.2, 0) is 11.2 Å². The number of amides is 1. The standard InChI is InChI=1S/C14H21FN2O/c1-3-14(2,10-16)13(18)17-9-8-11-6-4-5-7-12(11)15/h4-7H,3,8-10,16H2,1-2H3,(H,17,18). The number of hydrogen-bond acceptors (Lipinski definition) is 2. The molecule has 1 amide bonds. The van der Waals surface area contributed by atoms with Gasteiger partial charge in [-0.2, -0.15) is 0 Å². The molecule has 0 aliphatic rings. The Balaban J connectivity index is 2.48. The van der Waals surface area contributed by atoms with E-state index in [9.17, 15) is 9.18 Å². The van der Waals surface area contributed by atoms with Crippen LogP contribution in [0.4, 0.5) is 4.39 Å². The molecule has 4 heteroatoms. The maximum absolute atomic E-state index is 13.3. The van der Waals surface area contributed by atoms with E-state index in [0.29, 0.717) is 31.5 Å². The highest BCUT2D eigenvalue weighted by molar-refractivity contribution is 5.82. The minimum Gasteiger partial charge on any atom is -0.355 e. The van der Waals surface area contributed by atoms with Crippen LogP contribution in [0.15, 0.2) is 24.3 Å². The van der Waals surface area contributed by atoms with Crippen LogP contribution in [0.25, 0.3) is 0 Å². The highest BCUT2D eigenvalue weighted by atomic mass is 19.1. The monoisotopic (exact) mass is 252 g/mol. The average Bonchev–Trinajstić information content (AvgIpc) is 2.39. The highest BCUT2D eigenvalue weighted by Gasteiger charge is 2.29. The summed E-state index contributed by atoms with van der Waals surface area (Å²) in [6.07, 6.45) is 1.18. The number of rotatable bonds is 6. The average molecular weight is 252 g/mol. The van der Waals surface area contributed by atoms with Gasteiger partial charge in [0.25, 0.3) is 0 Å². The number of nitrogens with two attached hydrogens (primary N) is 1. The van der Waals surface area contributed by atoms with E-state index in [1.807, 2.05) is 13.8 Å². The van der Waals surface area contributed by atoms with Crippen molar-refractivity contribution in [3.63, 3.8) is 0 Å². The summed E-state index contributed by atoms with van der Waals surface area (Å²) < 4.78 is 13.3. The first-order valence-corrected chi connectivity index (χ1v) is 6.25. The van der Waals surface area contributed by atoms with Gasteiger partial charge in [-0.15, -0.1) is 0 Å². The summed E-state index contributed by atoms with van der Waals surface area (Å²) in [4.78, 5) is 11.9. The fraction of sp³-hybridized carbons (Fsp3) is 0.500. The Morgan fingerprint density at radius 3 is 2.67 bits per heavy atom. The summed E-state index contributed by atoms with van der Waals surface area (Å²) in [5, 5.41) is 2.82. The van der Waals surface area contributed by atoms with Crippen molar-refractivity contribution in [1.29, 1.82) is 0 Å². The van der Waals surface area contributed by atoms with Gasteiger partial charge in [-0.05, 0) is 31.4 Å². The molecule has 18 heavy (non-hydrogen) atoms. The van der Waals surface area contributed by atoms with Gasteiger partial charge in [0.15, 0.2) is 0 Å². The van der Waals surface area contributed by atoms with Gasteiger partial charge in [0.1, 0.15) is 5.82 Å². The third-order valence-corrected chi connectivity index (χ3v) is 3.42. The van der Waals surface area contributed by atoms with Crippen molar-refractivity contribution in [1.82, 2.24) is 5.32 Å². The maximum Gasteiger partial charge on any atom is 0.227 e. The largest absolute Gasteiger partial charge is 0.355 e. The zero-order chi connectivity index (χ0) is 13.6. The van der Waals surface area contributed by atoms with Crippen LogP contribution in [0.2, 0.25) is 0 Å².